The predicted octanol–water partition coefficient (Wildman–Crippen LogP) is 7.67. The van der Waals surface area contributed by atoms with E-state index >= 15 is 0 Å². The third kappa shape index (κ3) is 7.45. The molecule has 0 aliphatic heterocycles. The molecule has 0 radical (unpaired) electrons. The normalized spacial score (nSPS) is 18.2. The largest absolute Gasteiger partial charge is 0.496 e. The maximum absolute atomic E-state index is 13.4. The van der Waals surface area contributed by atoms with Gasteiger partial charge < -0.3 is 24.1 Å². The van der Waals surface area contributed by atoms with Crippen molar-refractivity contribution in [3.8, 4) is 23.0 Å². The average molecular weight is 729 g/mol. The summed E-state index contributed by atoms with van der Waals surface area (Å²) in [6.45, 7) is 8.47. The van der Waals surface area contributed by atoms with Gasteiger partial charge in [-0.2, -0.15) is 5.10 Å². The number of hydrogen-bond acceptors (Lipinski definition) is 8. The Hall–Kier alpha value is -3.60. The van der Waals surface area contributed by atoms with Crippen molar-refractivity contribution in [2.75, 3.05) is 28.4 Å². The molecule has 1 N–H and O–H groups in total. The van der Waals surface area contributed by atoms with Crippen molar-refractivity contribution in [3.05, 3.63) is 92.4 Å². The Kier molecular flexibility index (Phi) is 11.6. The Morgan fingerprint density at radius 1 is 0.979 bits per heavy atom. The van der Waals surface area contributed by atoms with Crippen molar-refractivity contribution in [2.24, 2.45) is 11.3 Å². The van der Waals surface area contributed by atoms with Gasteiger partial charge in [-0.15, -0.1) is 0 Å². The number of carbonyl (C=O) groups is 1. The molecule has 5 rings (SSSR count). The van der Waals surface area contributed by atoms with E-state index in [0.29, 0.717) is 40.7 Å². The summed E-state index contributed by atoms with van der Waals surface area (Å²) in [5.74, 6) is 1.73. The molecule has 0 bridgehead atoms. The van der Waals surface area contributed by atoms with Crippen LogP contribution in [0, 0.1) is 25.2 Å². The summed E-state index contributed by atoms with van der Waals surface area (Å²) in [5, 5.41) is 16.4. The molecular formula is C36H43BrClN3O6. The van der Waals surface area contributed by atoms with E-state index in [1.165, 1.54) is 33.2 Å². The Bertz CT molecular complexity index is 1690. The first-order chi connectivity index (χ1) is 22.3. The third-order valence-corrected chi connectivity index (χ3v) is 10.4. The van der Waals surface area contributed by atoms with Crippen LogP contribution in [0.5, 0.6) is 23.0 Å². The van der Waals surface area contributed by atoms with E-state index < -0.39 is 5.60 Å². The highest BCUT2D eigenvalue weighted by molar-refractivity contribution is 9.10. The van der Waals surface area contributed by atoms with Crippen molar-refractivity contribution < 1.29 is 28.8 Å². The summed E-state index contributed by atoms with van der Waals surface area (Å²) in [4.78, 5) is 17.4. The van der Waals surface area contributed by atoms with Crippen LogP contribution in [-0.2, 0) is 13.0 Å². The summed E-state index contributed by atoms with van der Waals surface area (Å²) in [5.41, 5.74) is 2.69. The van der Waals surface area contributed by atoms with E-state index in [9.17, 15) is 9.90 Å². The molecule has 0 amide bonds. The summed E-state index contributed by atoms with van der Waals surface area (Å²) in [6.07, 6.45) is 6.06. The van der Waals surface area contributed by atoms with E-state index in [2.05, 4.69) is 39.9 Å². The number of aliphatic hydroxyl groups is 1. The maximum Gasteiger partial charge on any atom is 0.204 e. The highest BCUT2D eigenvalue weighted by Gasteiger charge is 2.54. The molecule has 1 aliphatic carbocycles. The number of benzene rings is 3. The molecule has 4 aromatic rings. The van der Waals surface area contributed by atoms with Crippen LogP contribution in [0.25, 0.3) is 0 Å². The lowest BCUT2D eigenvalue weighted by molar-refractivity contribution is -0.0907. The van der Waals surface area contributed by atoms with Crippen LogP contribution >= 0.6 is 27.5 Å². The molecule has 11 heteroatoms. The standard InChI is InChI=1S/C19H21BrO5.C17H22ClN3O/c1-10-9-14(23-4)18(24-5)19(25-6)15(10)17(21)16-11(2)12(20)7-8-13(16)22-3;1-16(2)8-7-14(9-13-3-5-15(18)6-4-13)17(16,22)10-21-12-19-11-20-21/h7-9H,1-6H3;3-6,11-12,14,22H,7-10H2,1-2H3. The highest BCUT2D eigenvalue weighted by atomic mass is 79.9. The van der Waals surface area contributed by atoms with Crippen LogP contribution in [0.15, 0.2) is 59.6 Å². The fraction of sp³-hybridized carbons (Fsp3) is 0.417. The average Bonchev–Trinajstić information content (AvgIpc) is 3.64. The van der Waals surface area contributed by atoms with Crippen molar-refractivity contribution in [3.63, 3.8) is 0 Å². The van der Waals surface area contributed by atoms with Crippen LogP contribution < -0.4 is 18.9 Å². The van der Waals surface area contributed by atoms with Gasteiger partial charge >= 0.3 is 0 Å². The second kappa shape index (κ2) is 15.1. The first kappa shape index (κ1) is 36.2. The molecule has 3 aromatic carbocycles. The molecule has 252 valence electrons. The van der Waals surface area contributed by atoms with Crippen molar-refractivity contribution in [1.29, 1.82) is 0 Å². The van der Waals surface area contributed by atoms with Gasteiger partial charge in [-0.1, -0.05) is 53.5 Å². The van der Waals surface area contributed by atoms with E-state index in [0.717, 1.165) is 39.9 Å². The molecule has 0 spiro atoms. The number of carbonyl (C=O) groups excluding carboxylic acids is 1. The van der Waals surface area contributed by atoms with Crippen LogP contribution in [0.3, 0.4) is 0 Å². The van der Waals surface area contributed by atoms with Gasteiger partial charge in [-0.05, 0) is 91.5 Å². The van der Waals surface area contributed by atoms with Gasteiger partial charge in [-0.25, -0.2) is 4.98 Å². The molecule has 1 aromatic heterocycles. The molecule has 1 aliphatic rings. The summed E-state index contributed by atoms with van der Waals surface area (Å²) >= 11 is 9.43. The topological polar surface area (TPSA) is 105 Å². The Balaban J connectivity index is 0.000000214. The van der Waals surface area contributed by atoms with Crippen LogP contribution in [-0.4, -0.2) is 59.7 Å². The quantitative estimate of drug-likeness (QED) is 0.166. The van der Waals surface area contributed by atoms with E-state index in [4.69, 9.17) is 30.5 Å². The minimum absolute atomic E-state index is 0.143. The first-order valence-corrected chi connectivity index (χ1v) is 16.5. The van der Waals surface area contributed by atoms with Crippen LogP contribution in [0.4, 0.5) is 0 Å². The fourth-order valence-corrected chi connectivity index (χ4v) is 6.88. The zero-order chi connectivity index (χ0) is 34.5. The Morgan fingerprint density at radius 3 is 2.21 bits per heavy atom. The van der Waals surface area contributed by atoms with E-state index in [-0.39, 0.29) is 17.1 Å². The monoisotopic (exact) mass is 727 g/mol. The maximum atomic E-state index is 13.4. The van der Waals surface area contributed by atoms with Gasteiger partial charge in [0.1, 0.15) is 18.4 Å². The van der Waals surface area contributed by atoms with Crippen molar-refractivity contribution in [2.45, 2.75) is 59.1 Å². The number of hydrogen-bond donors (Lipinski definition) is 1. The number of rotatable bonds is 10. The van der Waals surface area contributed by atoms with Crippen LogP contribution in [0.2, 0.25) is 5.02 Å². The lowest BCUT2D eigenvalue weighted by Crippen LogP contribution is -2.49. The molecule has 1 heterocycles. The molecule has 47 heavy (non-hydrogen) atoms. The van der Waals surface area contributed by atoms with Gasteiger partial charge in [0.15, 0.2) is 11.5 Å². The lowest BCUT2D eigenvalue weighted by Gasteiger charge is -2.40. The van der Waals surface area contributed by atoms with Crippen LogP contribution in [0.1, 0.15) is 59.3 Å². The molecule has 1 fully saturated rings. The van der Waals surface area contributed by atoms with Gasteiger partial charge in [0.05, 0.1) is 51.7 Å². The number of aryl methyl sites for hydroxylation is 1. The van der Waals surface area contributed by atoms with E-state index in [1.54, 1.807) is 30.3 Å². The minimum atomic E-state index is -0.791. The molecule has 1 saturated carbocycles. The smallest absolute Gasteiger partial charge is 0.204 e. The molecular weight excluding hydrogens is 686 g/mol. The Labute approximate surface area is 290 Å². The predicted molar refractivity (Wildman–Crippen MR) is 186 cm³/mol. The number of halogens is 2. The molecule has 2 unspecified atom stereocenters. The minimum Gasteiger partial charge on any atom is -0.496 e. The lowest BCUT2D eigenvalue weighted by atomic mass is 9.72. The van der Waals surface area contributed by atoms with Crippen molar-refractivity contribution in [1.82, 2.24) is 14.8 Å². The third-order valence-electron chi connectivity index (χ3n) is 9.29. The van der Waals surface area contributed by atoms with Crippen molar-refractivity contribution >= 4 is 33.3 Å². The SMILES string of the molecule is CC1(C)CCC(Cc2ccc(Cl)cc2)C1(O)Cn1cncn1.COc1cc(C)c(C(=O)c2c(OC)ccc(Br)c2C)c(OC)c1OC. The molecule has 0 saturated heterocycles. The highest BCUT2D eigenvalue weighted by Crippen LogP contribution is 2.51. The summed E-state index contributed by atoms with van der Waals surface area (Å²) in [7, 11) is 6.09. The zero-order valence-electron chi connectivity index (χ0n) is 28.2. The van der Waals surface area contributed by atoms with Gasteiger partial charge in [0, 0.05) is 9.50 Å². The van der Waals surface area contributed by atoms with Gasteiger partial charge in [0.2, 0.25) is 11.5 Å². The number of aromatic nitrogens is 3. The second-order valence-corrected chi connectivity index (χ2v) is 13.7. The van der Waals surface area contributed by atoms with Gasteiger partial charge in [0.25, 0.3) is 0 Å². The molecule has 9 nitrogen and oxygen atoms in total. The number of ketones is 1. The van der Waals surface area contributed by atoms with Gasteiger partial charge in [-0.3, -0.25) is 9.48 Å². The first-order valence-electron chi connectivity index (χ1n) is 15.3. The summed E-state index contributed by atoms with van der Waals surface area (Å²) < 4.78 is 24.2. The Morgan fingerprint density at radius 2 is 1.64 bits per heavy atom. The molecule has 2 atom stereocenters. The number of ether oxygens (including phenoxy) is 4. The van der Waals surface area contributed by atoms with E-state index in [1.807, 2.05) is 44.2 Å². The summed E-state index contributed by atoms with van der Waals surface area (Å²) in [6, 6.07) is 13.3. The number of nitrogens with zero attached hydrogens (tertiary/aromatic N) is 3. The number of methoxy groups -OCH3 is 4. The second-order valence-electron chi connectivity index (χ2n) is 12.4. The zero-order valence-corrected chi connectivity index (χ0v) is 30.5. The fourth-order valence-electron chi connectivity index (χ4n) is 6.42.